The summed E-state index contributed by atoms with van der Waals surface area (Å²) >= 11 is 0. The first-order chi connectivity index (χ1) is 9.27. The van der Waals surface area contributed by atoms with Gasteiger partial charge in [-0.3, -0.25) is 0 Å². The molecule has 2 aromatic carbocycles. The Labute approximate surface area is 123 Å². The van der Waals surface area contributed by atoms with E-state index in [-0.39, 0.29) is 5.41 Å². The first kappa shape index (κ1) is 14.8. The van der Waals surface area contributed by atoms with Crippen molar-refractivity contribution in [2.24, 2.45) is 0 Å². The molecule has 0 spiro atoms. The molecule has 2 rings (SSSR count). The highest BCUT2D eigenvalue weighted by molar-refractivity contribution is 5.40. The second kappa shape index (κ2) is 5.44. The van der Waals surface area contributed by atoms with Gasteiger partial charge in [-0.2, -0.15) is 0 Å². The van der Waals surface area contributed by atoms with Gasteiger partial charge in [0, 0.05) is 0 Å². The average Bonchev–Trinajstić information content (AvgIpc) is 2.35. The van der Waals surface area contributed by atoms with Gasteiger partial charge in [-0.1, -0.05) is 62.7 Å². The second-order valence-corrected chi connectivity index (χ2v) is 7.00. The van der Waals surface area contributed by atoms with Gasteiger partial charge in [0.15, 0.2) is 0 Å². The highest BCUT2D eigenvalue weighted by atomic mass is 14.2. The predicted octanol–water partition coefficient (Wildman–Crippen LogP) is 5.50. The van der Waals surface area contributed by atoms with Crippen molar-refractivity contribution in [3.8, 4) is 0 Å². The van der Waals surface area contributed by atoms with Gasteiger partial charge in [0.1, 0.15) is 0 Å². The van der Waals surface area contributed by atoms with Crippen molar-refractivity contribution in [3.05, 3.63) is 69.8 Å². The van der Waals surface area contributed by atoms with Crippen molar-refractivity contribution in [2.75, 3.05) is 0 Å². The van der Waals surface area contributed by atoms with Crippen molar-refractivity contribution >= 4 is 0 Å². The van der Waals surface area contributed by atoms with Gasteiger partial charge in [0.25, 0.3) is 0 Å². The molecule has 0 aliphatic carbocycles. The Morgan fingerprint density at radius 3 is 1.90 bits per heavy atom. The minimum Gasteiger partial charge on any atom is -0.0590 e. The Hall–Kier alpha value is -1.56. The molecular weight excluding hydrogens is 240 g/mol. The van der Waals surface area contributed by atoms with Crippen molar-refractivity contribution in [3.63, 3.8) is 0 Å². The molecule has 20 heavy (non-hydrogen) atoms. The fourth-order valence-electron chi connectivity index (χ4n) is 2.52. The summed E-state index contributed by atoms with van der Waals surface area (Å²) in [5, 5.41) is 0. The maximum atomic E-state index is 2.39. The van der Waals surface area contributed by atoms with Crippen LogP contribution in [0.4, 0.5) is 0 Å². The third-order valence-electron chi connectivity index (χ3n) is 4.10. The topological polar surface area (TPSA) is 0 Å². The summed E-state index contributed by atoms with van der Waals surface area (Å²) in [7, 11) is 0. The van der Waals surface area contributed by atoms with Gasteiger partial charge >= 0.3 is 0 Å². The van der Waals surface area contributed by atoms with Crippen LogP contribution in [0.2, 0.25) is 0 Å². The molecule has 0 bridgehead atoms. The third kappa shape index (κ3) is 3.30. The number of aryl methyl sites for hydroxylation is 3. The van der Waals surface area contributed by atoms with Crippen LogP contribution in [0.3, 0.4) is 0 Å². The highest BCUT2D eigenvalue weighted by Gasteiger charge is 2.15. The van der Waals surface area contributed by atoms with Gasteiger partial charge in [-0.05, 0) is 60.4 Å². The molecule has 0 radical (unpaired) electrons. The molecule has 2 aromatic rings. The largest absolute Gasteiger partial charge is 0.0590 e. The summed E-state index contributed by atoms with van der Waals surface area (Å²) < 4.78 is 0. The molecule has 0 heterocycles. The minimum atomic E-state index is 0.212. The lowest BCUT2D eigenvalue weighted by Gasteiger charge is -2.21. The zero-order valence-corrected chi connectivity index (χ0v) is 13.7. The van der Waals surface area contributed by atoms with Crippen LogP contribution >= 0.6 is 0 Å². The molecule has 0 atom stereocenters. The van der Waals surface area contributed by atoms with Crippen LogP contribution in [0.1, 0.15) is 54.2 Å². The summed E-state index contributed by atoms with van der Waals surface area (Å²) in [4.78, 5) is 0. The Morgan fingerprint density at radius 2 is 1.30 bits per heavy atom. The first-order valence-electron chi connectivity index (χ1n) is 7.43. The maximum absolute atomic E-state index is 2.39. The fraction of sp³-hybridized carbons (Fsp3) is 0.400. The van der Waals surface area contributed by atoms with E-state index in [0.717, 1.165) is 6.42 Å². The SMILES string of the molecule is Cc1ccc(C)c(Cc2cc(C(C)(C)C)ccc2C)c1. The smallest absolute Gasteiger partial charge is 0.00203 e. The fourth-order valence-corrected chi connectivity index (χ4v) is 2.52. The summed E-state index contributed by atoms with van der Waals surface area (Å²) in [6.07, 6.45) is 1.03. The summed E-state index contributed by atoms with van der Waals surface area (Å²) in [6.45, 7) is 13.4. The number of rotatable bonds is 2. The van der Waals surface area contributed by atoms with E-state index in [1.165, 1.54) is 33.4 Å². The summed E-state index contributed by atoms with van der Waals surface area (Å²) in [5.74, 6) is 0. The molecule has 0 aromatic heterocycles. The van der Waals surface area contributed by atoms with Crippen LogP contribution in [0.25, 0.3) is 0 Å². The van der Waals surface area contributed by atoms with Crippen LogP contribution in [-0.4, -0.2) is 0 Å². The number of benzene rings is 2. The molecule has 106 valence electrons. The average molecular weight is 266 g/mol. The zero-order valence-electron chi connectivity index (χ0n) is 13.7. The first-order valence-corrected chi connectivity index (χ1v) is 7.43. The van der Waals surface area contributed by atoms with Gasteiger partial charge in [-0.15, -0.1) is 0 Å². The van der Waals surface area contributed by atoms with E-state index < -0.39 is 0 Å². The standard InChI is InChI=1S/C20H26/c1-14-7-8-15(2)17(11-14)12-18-13-19(20(4,5)6)10-9-16(18)3/h7-11,13H,12H2,1-6H3. The van der Waals surface area contributed by atoms with Crippen LogP contribution in [0, 0.1) is 20.8 Å². The van der Waals surface area contributed by atoms with Crippen molar-refractivity contribution in [1.82, 2.24) is 0 Å². The van der Waals surface area contributed by atoms with E-state index in [0.29, 0.717) is 0 Å². The monoisotopic (exact) mass is 266 g/mol. The summed E-state index contributed by atoms with van der Waals surface area (Å²) in [6, 6.07) is 13.7. The Kier molecular flexibility index (Phi) is 4.04. The van der Waals surface area contributed by atoms with Crippen LogP contribution in [0.5, 0.6) is 0 Å². The van der Waals surface area contributed by atoms with Crippen molar-refractivity contribution in [2.45, 2.75) is 53.4 Å². The lowest BCUT2D eigenvalue weighted by atomic mass is 9.84. The lowest BCUT2D eigenvalue weighted by Crippen LogP contribution is -2.12. The summed E-state index contributed by atoms with van der Waals surface area (Å²) in [5.41, 5.74) is 8.64. The van der Waals surface area contributed by atoms with Crippen LogP contribution in [0.15, 0.2) is 36.4 Å². The van der Waals surface area contributed by atoms with Crippen LogP contribution < -0.4 is 0 Å². The Morgan fingerprint density at radius 1 is 0.750 bits per heavy atom. The van der Waals surface area contributed by atoms with E-state index in [1.54, 1.807) is 0 Å². The number of hydrogen-bond donors (Lipinski definition) is 0. The van der Waals surface area contributed by atoms with Gasteiger partial charge < -0.3 is 0 Å². The predicted molar refractivity (Wildman–Crippen MR) is 88.6 cm³/mol. The van der Waals surface area contributed by atoms with Crippen molar-refractivity contribution in [1.29, 1.82) is 0 Å². The van der Waals surface area contributed by atoms with E-state index >= 15 is 0 Å². The second-order valence-electron chi connectivity index (χ2n) is 7.00. The maximum Gasteiger partial charge on any atom is -0.00203 e. The molecule has 0 nitrogen and oxygen atoms in total. The zero-order chi connectivity index (χ0) is 14.9. The molecule has 0 heteroatoms. The quantitative estimate of drug-likeness (QED) is 0.673. The molecule has 0 N–H and O–H groups in total. The molecule has 0 fully saturated rings. The van der Waals surface area contributed by atoms with Gasteiger partial charge in [0.05, 0.1) is 0 Å². The lowest BCUT2D eigenvalue weighted by molar-refractivity contribution is 0.589. The molecule has 0 saturated heterocycles. The Balaban J connectivity index is 2.40. The normalized spacial score (nSPS) is 11.7. The van der Waals surface area contributed by atoms with Gasteiger partial charge in [0.2, 0.25) is 0 Å². The molecule has 0 amide bonds. The van der Waals surface area contributed by atoms with Gasteiger partial charge in [-0.25, -0.2) is 0 Å². The Bertz CT molecular complexity index is 612. The molecular formula is C20H26. The highest BCUT2D eigenvalue weighted by Crippen LogP contribution is 2.26. The third-order valence-corrected chi connectivity index (χ3v) is 4.10. The molecule has 0 unspecified atom stereocenters. The number of hydrogen-bond acceptors (Lipinski definition) is 0. The molecule has 0 aliphatic heterocycles. The van der Waals surface area contributed by atoms with E-state index in [9.17, 15) is 0 Å². The minimum absolute atomic E-state index is 0.212. The van der Waals surface area contributed by atoms with E-state index in [4.69, 9.17) is 0 Å². The molecule has 0 saturated carbocycles. The molecule has 0 aliphatic rings. The van der Waals surface area contributed by atoms with E-state index in [1.807, 2.05) is 0 Å². The van der Waals surface area contributed by atoms with E-state index in [2.05, 4.69) is 77.9 Å². The van der Waals surface area contributed by atoms with Crippen molar-refractivity contribution < 1.29 is 0 Å². The van der Waals surface area contributed by atoms with Crippen LogP contribution in [-0.2, 0) is 11.8 Å².